The van der Waals surface area contributed by atoms with Gasteiger partial charge in [-0.1, -0.05) is 56.1 Å². The number of nitrogens with zero attached hydrogens (tertiary/aromatic N) is 4. The molecule has 2 aromatic carbocycles. The number of hydrogen-bond donors (Lipinski definition) is 2. The molecule has 0 spiro atoms. The van der Waals surface area contributed by atoms with Crippen LogP contribution in [0.25, 0.3) is 0 Å². The van der Waals surface area contributed by atoms with Crippen molar-refractivity contribution >= 4 is 49.7 Å². The molecule has 4 aromatic rings. The van der Waals surface area contributed by atoms with Gasteiger partial charge in [0.1, 0.15) is 0 Å². The Kier molecular flexibility index (Phi) is 6.73. The fourth-order valence-corrected chi connectivity index (χ4v) is 3.36. The smallest absolute Gasteiger partial charge is 0.281 e. The maximum atomic E-state index is 13.0. The van der Waals surface area contributed by atoms with E-state index < -0.39 is 0 Å². The number of rotatable bonds is 7. The van der Waals surface area contributed by atoms with E-state index in [1.807, 2.05) is 48.5 Å². The van der Waals surface area contributed by atoms with Crippen LogP contribution in [0.5, 0.6) is 0 Å². The van der Waals surface area contributed by atoms with E-state index in [-0.39, 0.29) is 5.91 Å². The number of carbonyl (C=O) groups excluding carboxylic acids is 1. The molecule has 31 heavy (non-hydrogen) atoms. The quantitative estimate of drug-likeness (QED) is 0.338. The van der Waals surface area contributed by atoms with Gasteiger partial charge in [0.2, 0.25) is 11.9 Å². The number of nitrogens with one attached hydrogen (secondary N) is 2. The number of carbonyl (C=O) groups is 1. The number of halogens is 2. The molecule has 0 fully saturated rings. The molecule has 0 unspecified atom stereocenters. The molecule has 0 amide bonds. The summed E-state index contributed by atoms with van der Waals surface area (Å²) in [6.07, 6.45) is 3.15. The normalized spacial score (nSPS) is 10.6. The van der Waals surface area contributed by atoms with Gasteiger partial charge in [-0.2, -0.15) is 9.67 Å². The summed E-state index contributed by atoms with van der Waals surface area (Å²) in [7, 11) is 0. The first kappa shape index (κ1) is 21.2. The lowest BCUT2D eigenvalue weighted by molar-refractivity contribution is 0.0947. The van der Waals surface area contributed by atoms with Crippen molar-refractivity contribution in [3.8, 4) is 0 Å². The monoisotopic (exact) mass is 540 g/mol. The Morgan fingerprint density at radius 2 is 1.35 bits per heavy atom. The fourth-order valence-electron chi connectivity index (χ4n) is 2.83. The van der Waals surface area contributed by atoms with Gasteiger partial charge in [0.25, 0.3) is 5.91 Å². The molecule has 2 heterocycles. The molecule has 0 bridgehead atoms. The molecule has 0 aliphatic carbocycles. The average Bonchev–Trinajstić information content (AvgIpc) is 3.21. The van der Waals surface area contributed by atoms with Crippen molar-refractivity contribution in [2.75, 3.05) is 10.6 Å². The molecule has 0 radical (unpaired) electrons. The Morgan fingerprint density at radius 3 is 1.94 bits per heavy atom. The lowest BCUT2D eigenvalue weighted by Gasteiger charge is -2.07. The second-order valence-electron chi connectivity index (χ2n) is 6.67. The van der Waals surface area contributed by atoms with E-state index in [0.29, 0.717) is 30.5 Å². The second kappa shape index (κ2) is 9.84. The third-order valence-electron chi connectivity index (χ3n) is 4.45. The molecule has 0 aliphatic rings. The van der Waals surface area contributed by atoms with E-state index in [1.54, 1.807) is 24.5 Å². The van der Waals surface area contributed by atoms with Gasteiger partial charge in [0.15, 0.2) is 0 Å². The summed E-state index contributed by atoms with van der Waals surface area (Å²) in [6, 6.07) is 19.2. The van der Waals surface area contributed by atoms with E-state index in [0.717, 1.165) is 20.1 Å². The lowest BCUT2D eigenvalue weighted by Crippen LogP contribution is -2.17. The van der Waals surface area contributed by atoms with Crippen LogP contribution >= 0.6 is 31.9 Å². The predicted octanol–water partition coefficient (Wildman–Crippen LogP) is 5.11. The molecule has 7 nitrogen and oxygen atoms in total. The molecule has 0 aliphatic heterocycles. The summed E-state index contributed by atoms with van der Waals surface area (Å²) < 4.78 is 3.30. The van der Waals surface area contributed by atoms with Crippen LogP contribution in [-0.4, -0.2) is 25.7 Å². The van der Waals surface area contributed by atoms with Gasteiger partial charge in [-0.15, -0.1) is 5.10 Å². The van der Waals surface area contributed by atoms with Gasteiger partial charge < -0.3 is 10.6 Å². The largest absolute Gasteiger partial charge is 0.350 e. The molecule has 2 N–H and O–H groups in total. The van der Waals surface area contributed by atoms with Gasteiger partial charge in [0.05, 0.1) is 0 Å². The topological polar surface area (TPSA) is 84.7 Å². The molecule has 9 heteroatoms. The molecule has 0 saturated carbocycles. The molecule has 0 saturated heterocycles. The summed E-state index contributed by atoms with van der Waals surface area (Å²) in [5.74, 6) is 0.441. The molecule has 0 atom stereocenters. The van der Waals surface area contributed by atoms with Gasteiger partial charge in [-0.3, -0.25) is 9.78 Å². The zero-order valence-corrected chi connectivity index (χ0v) is 19.5. The Hall–Kier alpha value is -3.04. The number of benzene rings is 2. The SMILES string of the molecule is O=C(c1ccncc1)n1nc(NCc2ccc(Br)cc2)nc1NCc1ccc(Br)cc1. The molecular formula is C22H18Br2N6O. The van der Waals surface area contributed by atoms with Crippen molar-refractivity contribution in [1.29, 1.82) is 0 Å². The van der Waals surface area contributed by atoms with E-state index in [1.165, 1.54) is 4.68 Å². The van der Waals surface area contributed by atoms with Crippen molar-refractivity contribution in [3.05, 3.63) is 98.7 Å². The highest BCUT2D eigenvalue weighted by Crippen LogP contribution is 2.16. The maximum Gasteiger partial charge on any atom is 0.281 e. The van der Waals surface area contributed by atoms with Gasteiger partial charge in [-0.25, -0.2) is 0 Å². The minimum atomic E-state index is -0.287. The molecule has 4 rings (SSSR count). The van der Waals surface area contributed by atoms with Crippen LogP contribution in [0.4, 0.5) is 11.9 Å². The van der Waals surface area contributed by atoms with Crippen molar-refractivity contribution in [1.82, 2.24) is 19.7 Å². The zero-order chi connectivity index (χ0) is 21.6. The highest BCUT2D eigenvalue weighted by Gasteiger charge is 2.18. The van der Waals surface area contributed by atoms with Gasteiger partial charge in [-0.05, 0) is 47.5 Å². The standard InChI is InChI=1S/C22H18Br2N6O/c23-18-5-1-15(2-6-18)13-26-21-28-22(27-14-16-3-7-19(24)8-4-16)30(29-21)20(31)17-9-11-25-12-10-17/h1-12H,13-14H2,(H2,26,27,28,29). The first-order chi connectivity index (χ1) is 15.1. The first-order valence-electron chi connectivity index (χ1n) is 9.47. The van der Waals surface area contributed by atoms with Crippen LogP contribution in [0.1, 0.15) is 21.5 Å². The number of hydrogen-bond acceptors (Lipinski definition) is 6. The Morgan fingerprint density at radius 1 is 0.806 bits per heavy atom. The Balaban J connectivity index is 1.55. The van der Waals surface area contributed by atoms with E-state index in [4.69, 9.17) is 0 Å². The lowest BCUT2D eigenvalue weighted by atomic mass is 10.2. The van der Waals surface area contributed by atoms with Crippen LogP contribution in [0.15, 0.2) is 82.0 Å². The minimum Gasteiger partial charge on any atom is -0.350 e. The number of pyridine rings is 1. The Labute approximate surface area is 196 Å². The van der Waals surface area contributed by atoms with E-state index in [9.17, 15) is 4.79 Å². The van der Waals surface area contributed by atoms with Crippen LogP contribution in [-0.2, 0) is 13.1 Å². The summed E-state index contributed by atoms with van der Waals surface area (Å²) in [4.78, 5) is 21.5. The van der Waals surface area contributed by atoms with Gasteiger partial charge in [0, 0.05) is 40.0 Å². The van der Waals surface area contributed by atoms with Crippen LogP contribution in [0, 0.1) is 0 Å². The van der Waals surface area contributed by atoms with Crippen LogP contribution < -0.4 is 10.6 Å². The summed E-state index contributed by atoms with van der Waals surface area (Å²) in [5, 5.41) is 10.8. The highest BCUT2D eigenvalue weighted by atomic mass is 79.9. The molecule has 2 aromatic heterocycles. The number of aromatic nitrogens is 4. The van der Waals surface area contributed by atoms with Crippen LogP contribution in [0.2, 0.25) is 0 Å². The van der Waals surface area contributed by atoms with Crippen molar-refractivity contribution in [3.63, 3.8) is 0 Å². The van der Waals surface area contributed by atoms with Crippen molar-refractivity contribution in [2.24, 2.45) is 0 Å². The first-order valence-corrected chi connectivity index (χ1v) is 11.1. The van der Waals surface area contributed by atoms with E-state index >= 15 is 0 Å². The van der Waals surface area contributed by atoms with Gasteiger partial charge >= 0.3 is 0 Å². The van der Waals surface area contributed by atoms with Crippen LogP contribution in [0.3, 0.4) is 0 Å². The summed E-state index contributed by atoms with van der Waals surface area (Å²) >= 11 is 6.87. The Bertz CT molecular complexity index is 1160. The summed E-state index contributed by atoms with van der Waals surface area (Å²) in [5.41, 5.74) is 2.61. The molecular weight excluding hydrogens is 524 g/mol. The number of anilines is 2. The van der Waals surface area contributed by atoms with Crippen molar-refractivity contribution < 1.29 is 4.79 Å². The zero-order valence-electron chi connectivity index (χ0n) is 16.3. The highest BCUT2D eigenvalue weighted by molar-refractivity contribution is 9.10. The third kappa shape index (κ3) is 5.56. The predicted molar refractivity (Wildman–Crippen MR) is 127 cm³/mol. The fraction of sp³-hybridized carbons (Fsp3) is 0.0909. The second-order valence-corrected chi connectivity index (χ2v) is 8.50. The molecule has 156 valence electrons. The maximum absolute atomic E-state index is 13.0. The van der Waals surface area contributed by atoms with Crippen molar-refractivity contribution in [2.45, 2.75) is 13.1 Å². The third-order valence-corrected chi connectivity index (χ3v) is 5.51. The average molecular weight is 542 g/mol. The van der Waals surface area contributed by atoms with E-state index in [2.05, 4.69) is 57.6 Å². The minimum absolute atomic E-state index is 0.287. The summed E-state index contributed by atoms with van der Waals surface area (Å²) in [6.45, 7) is 1.04.